The smallest absolute Gasteiger partial charge is 0.245 e. The lowest BCUT2D eigenvalue weighted by Gasteiger charge is -2.22. The molecular formula is C19H17FN2O3S. The van der Waals surface area contributed by atoms with Gasteiger partial charge in [0.1, 0.15) is 12.4 Å². The quantitative estimate of drug-likeness (QED) is 0.747. The van der Waals surface area contributed by atoms with Crippen LogP contribution in [0.25, 0.3) is 10.8 Å². The van der Waals surface area contributed by atoms with E-state index in [9.17, 15) is 17.6 Å². The van der Waals surface area contributed by atoms with Gasteiger partial charge in [-0.05, 0) is 35.7 Å². The van der Waals surface area contributed by atoms with Crippen LogP contribution in [0.1, 0.15) is 0 Å². The highest BCUT2D eigenvalue weighted by molar-refractivity contribution is 7.92. The number of benzene rings is 3. The van der Waals surface area contributed by atoms with Gasteiger partial charge < -0.3 is 5.32 Å². The molecule has 0 aromatic heterocycles. The maximum atomic E-state index is 13.1. The van der Waals surface area contributed by atoms with Crippen LogP contribution in [0, 0.1) is 5.82 Å². The van der Waals surface area contributed by atoms with Crippen molar-refractivity contribution >= 4 is 38.1 Å². The van der Waals surface area contributed by atoms with Crippen LogP contribution < -0.4 is 9.62 Å². The van der Waals surface area contributed by atoms with Crippen molar-refractivity contribution in [2.45, 2.75) is 0 Å². The Hall–Kier alpha value is -2.93. The summed E-state index contributed by atoms with van der Waals surface area (Å²) in [5.41, 5.74) is 0.822. The largest absolute Gasteiger partial charge is 0.324 e. The minimum Gasteiger partial charge on any atom is -0.324 e. The van der Waals surface area contributed by atoms with Gasteiger partial charge in [-0.1, -0.05) is 36.4 Å². The van der Waals surface area contributed by atoms with E-state index in [4.69, 9.17) is 0 Å². The first-order valence-corrected chi connectivity index (χ1v) is 9.70. The number of halogens is 1. The Kier molecular flexibility index (Phi) is 4.90. The van der Waals surface area contributed by atoms with Crippen molar-refractivity contribution in [3.63, 3.8) is 0 Å². The summed E-state index contributed by atoms with van der Waals surface area (Å²) in [5, 5.41) is 4.57. The molecule has 0 aliphatic rings. The molecule has 3 aromatic rings. The average molecular weight is 372 g/mol. The predicted molar refractivity (Wildman–Crippen MR) is 101 cm³/mol. The van der Waals surface area contributed by atoms with Gasteiger partial charge in [0.05, 0.1) is 11.9 Å². The summed E-state index contributed by atoms with van der Waals surface area (Å²) in [4.78, 5) is 12.5. The van der Waals surface area contributed by atoms with Crippen molar-refractivity contribution in [2.75, 3.05) is 22.4 Å². The molecule has 3 aromatic carbocycles. The Bertz CT molecular complexity index is 1040. The number of fused-ring (bicyclic) bond motifs is 1. The second-order valence-corrected chi connectivity index (χ2v) is 7.73. The fraction of sp³-hybridized carbons (Fsp3) is 0.105. The second-order valence-electron chi connectivity index (χ2n) is 5.82. The average Bonchev–Trinajstić information content (AvgIpc) is 2.60. The van der Waals surface area contributed by atoms with Gasteiger partial charge >= 0.3 is 0 Å². The number of hydrogen-bond donors (Lipinski definition) is 1. The van der Waals surface area contributed by atoms with Crippen LogP contribution in [0.15, 0.2) is 66.7 Å². The standard InChI is InChI=1S/C19H17FN2O3S/c1-26(24,25)22(16-11-9-15(20)10-12-16)13-19(23)21-18-8-4-6-14-5-2-3-7-17(14)18/h2-12H,13H2,1H3,(H,21,23). The van der Waals surface area contributed by atoms with Gasteiger partial charge in [-0.3, -0.25) is 9.10 Å². The van der Waals surface area contributed by atoms with Crippen LogP contribution in [-0.2, 0) is 14.8 Å². The van der Waals surface area contributed by atoms with Crippen molar-refractivity contribution in [2.24, 2.45) is 0 Å². The third kappa shape index (κ3) is 4.00. The highest BCUT2D eigenvalue weighted by Gasteiger charge is 2.21. The molecule has 0 aliphatic carbocycles. The Morgan fingerprint density at radius 3 is 2.35 bits per heavy atom. The predicted octanol–water partition coefficient (Wildman–Crippen LogP) is 3.38. The van der Waals surface area contributed by atoms with Crippen LogP contribution in [-0.4, -0.2) is 27.1 Å². The molecule has 0 unspecified atom stereocenters. The number of amides is 1. The van der Waals surface area contributed by atoms with Crippen LogP contribution in [0.4, 0.5) is 15.8 Å². The number of nitrogens with zero attached hydrogens (tertiary/aromatic N) is 1. The molecule has 0 radical (unpaired) electrons. The number of carbonyl (C=O) groups is 1. The van der Waals surface area contributed by atoms with E-state index in [1.807, 2.05) is 36.4 Å². The first kappa shape index (κ1) is 17.9. The molecule has 7 heteroatoms. The van der Waals surface area contributed by atoms with Gasteiger partial charge in [-0.25, -0.2) is 12.8 Å². The summed E-state index contributed by atoms with van der Waals surface area (Å²) < 4.78 is 38.2. The van der Waals surface area contributed by atoms with Gasteiger partial charge in [-0.15, -0.1) is 0 Å². The number of hydrogen-bond acceptors (Lipinski definition) is 3. The van der Waals surface area contributed by atoms with E-state index >= 15 is 0 Å². The third-order valence-corrected chi connectivity index (χ3v) is 5.01. The molecule has 0 atom stereocenters. The van der Waals surface area contributed by atoms with Gasteiger partial charge in [0.15, 0.2) is 0 Å². The van der Waals surface area contributed by atoms with Gasteiger partial charge in [0.25, 0.3) is 0 Å². The minimum absolute atomic E-state index is 0.224. The third-order valence-electron chi connectivity index (χ3n) is 3.87. The summed E-state index contributed by atoms with van der Waals surface area (Å²) in [6.07, 6.45) is 1.00. The summed E-state index contributed by atoms with van der Waals surface area (Å²) in [7, 11) is -3.71. The maximum Gasteiger partial charge on any atom is 0.245 e. The molecule has 26 heavy (non-hydrogen) atoms. The monoisotopic (exact) mass is 372 g/mol. The molecule has 0 saturated carbocycles. The minimum atomic E-state index is -3.71. The molecule has 0 fully saturated rings. The molecule has 5 nitrogen and oxygen atoms in total. The fourth-order valence-corrected chi connectivity index (χ4v) is 3.52. The fourth-order valence-electron chi connectivity index (χ4n) is 2.66. The van der Waals surface area contributed by atoms with Crippen molar-refractivity contribution in [3.8, 4) is 0 Å². The van der Waals surface area contributed by atoms with E-state index in [0.717, 1.165) is 33.5 Å². The number of anilines is 2. The van der Waals surface area contributed by atoms with Crippen LogP contribution in [0.3, 0.4) is 0 Å². The topological polar surface area (TPSA) is 66.5 Å². The summed E-state index contributed by atoms with van der Waals surface area (Å²) in [5.74, 6) is -0.974. The van der Waals surface area contributed by atoms with E-state index in [2.05, 4.69) is 5.32 Å². The zero-order chi connectivity index (χ0) is 18.7. The summed E-state index contributed by atoms with van der Waals surface area (Å²) >= 11 is 0. The Balaban J connectivity index is 1.85. The molecule has 0 bridgehead atoms. The van der Waals surface area contributed by atoms with Crippen LogP contribution in [0.2, 0.25) is 0 Å². The van der Waals surface area contributed by atoms with Crippen molar-refractivity contribution < 1.29 is 17.6 Å². The lowest BCUT2D eigenvalue weighted by atomic mass is 10.1. The molecule has 0 heterocycles. The Morgan fingerprint density at radius 1 is 1.00 bits per heavy atom. The molecule has 1 N–H and O–H groups in total. The maximum absolute atomic E-state index is 13.1. The van der Waals surface area contributed by atoms with Gasteiger partial charge in [-0.2, -0.15) is 0 Å². The zero-order valence-corrected chi connectivity index (χ0v) is 14.8. The molecule has 134 valence electrons. The first-order chi connectivity index (χ1) is 12.3. The van der Waals surface area contributed by atoms with Gasteiger partial charge in [0, 0.05) is 11.1 Å². The first-order valence-electron chi connectivity index (χ1n) is 7.85. The molecule has 0 aliphatic heterocycles. The number of rotatable bonds is 5. The molecular weight excluding hydrogens is 355 g/mol. The van der Waals surface area contributed by atoms with E-state index < -0.39 is 28.3 Å². The molecule has 0 saturated heterocycles. The van der Waals surface area contributed by atoms with Crippen LogP contribution >= 0.6 is 0 Å². The highest BCUT2D eigenvalue weighted by Crippen LogP contribution is 2.23. The molecule has 0 spiro atoms. The number of nitrogens with one attached hydrogen (secondary N) is 1. The van der Waals surface area contributed by atoms with Crippen LogP contribution in [0.5, 0.6) is 0 Å². The molecule has 1 amide bonds. The highest BCUT2D eigenvalue weighted by atomic mass is 32.2. The van der Waals surface area contributed by atoms with E-state index in [0.29, 0.717) is 5.69 Å². The van der Waals surface area contributed by atoms with Gasteiger partial charge in [0.2, 0.25) is 15.9 Å². The molecule has 3 rings (SSSR count). The van der Waals surface area contributed by atoms with E-state index in [1.165, 1.54) is 12.1 Å². The lowest BCUT2D eigenvalue weighted by Crippen LogP contribution is -2.37. The summed E-state index contributed by atoms with van der Waals surface area (Å²) in [6.45, 7) is -0.409. The lowest BCUT2D eigenvalue weighted by molar-refractivity contribution is -0.114. The Labute approximate surface area is 151 Å². The van der Waals surface area contributed by atoms with Crippen molar-refractivity contribution in [1.29, 1.82) is 0 Å². The summed E-state index contributed by atoms with van der Waals surface area (Å²) in [6, 6.07) is 18.0. The Morgan fingerprint density at radius 2 is 1.65 bits per heavy atom. The van der Waals surface area contributed by atoms with Crippen molar-refractivity contribution in [3.05, 3.63) is 72.5 Å². The normalized spacial score (nSPS) is 11.3. The number of sulfonamides is 1. The SMILES string of the molecule is CS(=O)(=O)N(CC(=O)Nc1cccc2ccccc12)c1ccc(F)cc1. The second kappa shape index (κ2) is 7.13. The number of carbonyl (C=O) groups excluding carboxylic acids is 1. The zero-order valence-electron chi connectivity index (χ0n) is 14.0. The van der Waals surface area contributed by atoms with E-state index in [-0.39, 0.29) is 5.69 Å². The van der Waals surface area contributed by atoms with E-state index in [1.54, 1.807) is 6.07 Å². The van der Waals surface area contributed by atoms with Crippen molar-refractivity contribution in [1.82, 2.24) is 0 Å².